The molecule has 0 aliphatic rings. The average Bonchev–Trinajstić information content (AvgIpc) is 2.47. The van der Waals surface area contributed by atoms with Crippen molar-refractivity contribution >= 4 is 21.8 Å². The summed E-state index contributed by atoms with van der Waals surface area (Å²) in [4.78, 5) is 2.30. The maximum atomic E-state index is 8.88. The smallest absolute Gasteiger partial charge is 0.394 e. The molecule has 9 heteroatoms. The van der Waals surface area contributed by atoms with Gasteiger partial charge in [-0.25, -0.2) is 0 Å². The molecule has 0 aliphatic heterocycles. The number of aliphatic hydroxyl groups excluding tert-OH is 2. The maximum absolute atomic E-state index is 8.88. The van der Waals surface area contributed by atoms with Gasteiger partial charge in [0.1, 0.15) is 0 Å². The molecule has 8 nitrogen and oxygen atoms in total. The maximum Gasteiger partial charge on any atom is 0.394 e. The predicted molar refractivity (Wildman–Crippen MR) is 94.6 cm³/mol. The van der Waals surface area contributed by atoms with Gasteiger partial charge in [-0.2, -0.15) is 8.42 Å². The molecule has 0 radical (unpaired) electrons. The van der Waals surface area contributed by atoms with Gasteiger partial charge in [-0.05, 0) is 56.4 Å². The molecule has 0 saturated carbocycles. The van der Waals surface area contributed by atoms with E-state index in [1.165, 1.54) is 5.69 Å². The van der Waals surface area contributed by atoms with E-state index in [-0.39, 0.29) is 13.2 Å². The molecule has 0 atom stereocenters. The predicted octanol–water partition coefficient (Wildman–Crippen LogP) is 1.28. The number of rotatable bonds is 9. The third kappa shape index (κ3) is 12.1. The van der Waals surface area contributed by atoms with E-state index < -0.39 is 10.4 Å². The number of aryl methyl sites for hydroxylation is 1. The first-order valence-corrected chi connectivity index (χ1v) is 9.11. The SMILES string of the molecule is Cc1cc(N(CCCCO)CCCCO)ccc1N.O=S(=O)(O)O. The fraction of sp³-hybridized carbons (Fsp3) is 0.600. The average molecular weight is 364 g/mol. The zero-order chi connectivity index (χ0) is 18.6. The Hall–Kier alpha value is -1.39. The van der Waals surface area contributed by atoms with Gasteiger partial charge in [0.25, 0.3) is 0 Å². The highest BCUT2D eigenvalue weighted by molar-refractivity contribution is 7.79. The molecule has 24 heavy (non-hydrogen) atoms. The van der Waals surface area contributed by atoms with Crippen LogP contribution >= 0.6 is 0 Å². The number of benzene rings is 1. The van der Waals surface area contributed by atoms with E-state index in [1.54, 1.807) is 0 Å². The van der Waals surface area contributed by atoms with Crippen molar-refractivity contribution in [2.24, 2.45) is 0 Å². The molecule has 0 spiro atoms. The molecule has 1 aromatic carbocycles. The number of nitrogen functional groups attached to an aromatic ring is 1. The van der Waals surface area contributed by atoms with Crippen LogP contribution in [-0.2, 0) is 10.4 Å². The van der Waals surface area contributed by atoms with Gasteiger partial charge < -0.3 is 20.8 Å². The van der Waals surface area contributed by atoms with Crippen LogP contribution in [0, 0.1) is 6.92 Å². The largest absolute Gasteiger partial charge is 0.399 e. The Labute approximate surface area is 143 Å². The molecule has 6 N–H and O–H groups in total. The van der Waals surface area contributed by atoms with Gasteiger partial charge in [0.05, 0.1) is 0 Å². The summed E-state index contributed by atoms with van der Waals surface area (Å²) in [5, 5.41) is 17.8. The second-order valence-corrected chi connectivity index (χ2v) is 6.23. The van der Waals surface area contributed by atoms with Gasteiger partial charge >= 0.3 is 10.4 Å². The number of hydrogen-bond donors (Lipinski definition) is 5. The van der Waals surface area contributed by atoms with E-state index in [9.17, 15) is 0 Å². The quantitative estimate of drug-likeness (QED) is 0.250. The van der Waals surface area contributed by atoms with Crippen LogP contribution in [0.5, 0.6) is 0 Å². The first-order chi connectivity index (χ1) is 11.2. The van der Waals surface area contributed by atoms with Crippen LogP contribution in [0.15, 0.2) is 18.2 Å². The third-order valence-electron chi connectivity index (χ3n) is 3.29. The fourth-order valence-corrected chi connectivity index (χ4v) is 2.06. The summed E-state index contributed by atoms with van der Waals surface area (Å²) in [7, 11) is -4.67. The van der Waals surface area contributed by atoms with Crippen LogP contribution in [0.1, 0.15) is 31.2 Å². The van der Waals surface area contributed by atoms with Crippen molar-refractivity contribution in [1.82, 2.24) is 0 Å². The van der Waals surface area contributed by atoms with Gasteiger partial charge in [0, 0.05) is 37.7 Å². The molecule has 140 valence electrons. The molecular weight excluding hydrogens is 336 g/mol. The number of hydrogen-bond acceptors (Lipinski definition) is 6. The molecule has 0 aromatic heterocycles. The number of nitrogens with zero attached hydrogens (tertiary/aromatic N) is 1. The zero-order valence-electron chi connectivity index (χ0n) is 13.9. The van der Waals surface area contributed by atoms with Crippen LogP contribution < -0.4 is 10.6 Å². The molecule has 1 aromatic rings. The van der Waals surface area contributed by atoms with Crippen molar-refractivity contribution < 1.29 is 27.7 Å². The second-order valence-electron chi connectivity index (χ2n) is 5.34. The van der Waals surface area contributed by atoms with Crippen molar-refractivity contribution in [3.8, 4) is 0 Å². The third-order valence-corrected chi connectivity index (χ3v) is 3.29. The summed E-state index contributed by atoms with van der Waals surface area (Å²) >= 11 is 0. The van der Waals surface area contributed by atoms with Gasteiger partial charge in [-0.15, -0.1) is 0 Å². The van der Waals surface area contributed by atoms with E-state index in [1.807, 2.05) is 19.1 Å². The molecule has 1 rings (SSSR count). The lowest BCUT2D eigenvalue weighted by Crippen LogP contribution is -2.26. The summed E-state index contributed by atoms with van der Waals surface area (Å²) in [6, 6.07) is 6.09. The van der Waals surface area contributed by atoms with Crippen LogP contribution in [0.3, 0.4) is 0 Å². The van der Waals surface area contributed by atoms with Crippen molar-refractivity contribution in [2.75, 3.05) is 36.9 Å². The minimum atomic E-state index is -4.67. The molecule has 0 bridgehead atoms. The lowest BCUT2D eigenvalue weighted by atomic mass is 10.1. The minimum Gasteiger partial charge on any atom is -0.399 e. The first kappa shape index (κ1) is 22.6. The van der Waals surface area contributed by atoms with Crippen LogP contribution in [0.25, 0.3) is 0 Å². The van der Waals surface area contributed by atoms with E-state index >= 15 is 0 Å². The number of aliphatic hydroxyl groups is 2. The standard InChI is InChI=1S/C15H26N2O2.H2O4S/c1-13-12-14(6-7-15(13)16)17(8-2-4-10-18)9-3-5-11-19;1-5(2,3)4/h6-7,12,18-19H,2-5,8-11,16H2,1H3;(H2,1,2,3,4). The Kier molecular flexibility index (Phi) is 11.3. The normalized spacial score (nSPS) is 10.9. The summed E-state index contributed by atoms with van der Waals surface area (Å²) in [6.07, 6.45) is 3.59. The van der Waals surface area contributed by atoms with Crippen molar-refractivity contribution in [1.29, 1.82) is 0 Å². The highest BCUT2D eigenvalue weighted by atomic mass is 32.3. The van der Waals surface area contributed by atoms with Gasteiger partial charge in [-0.3, -0.25) is 9.11 Å². The second kappa shape index (κ2) is 12.0. The number of nitrogens with two attached hydrogens (primary N) is 1. The van der Waals surface area contributed by atoms with E-state index in [0.29, 0.717) is 0 Å². The van der Waals surface area contributed by atoms with E-state index in [4.69, 9.17) is 33.5 Å². The van der Waals surface area contributed by atoms with Crippen LogP contribution in [0.4, 0.5) is 11.4 Å². The van der Waals surface area contributed by atoms with E-state index in [2.05, 4.69) is 11.0 Å². The Morgan fingerprint density at radius 3 is 1.83 bits per heavy atom. The molecule has 0 aliphatic carbocycles. The lowest BCUT2D eigenvalue weighted by Gasteiger charge is -2.25. The molecular formula is C15H28N2O6S. The van der Waals surface area contributed by atoms with Gasteiger partial charge in [-0.1, -0.05) is 0 Å². The number of anilines is 2. The zero-order valence-corrected chi connectivity index (χ0v) is 14.7. The molecule has 0 heterocycles. The molecule has 0 unspecified atom stereocenters. The van der Waals surface area contributed by atoms with Gasteiger partial charge in [0.15, 0.2) is 0 Å². The fourth-order valence-electron chi connectivity index (χ4n) is 2.06. The van der Waals surface area contributed by atoms with Crippen molar-refractivity contribution in [2.45, 2.75) is 32.6 Å². The summed E-state index contributed by atoms with van der Waals surface area (Å²) in [5.41, 5.74) is 8.92. The Balaban J connectivity index is 0.000000922. The Bertz CT molecular complexity index is 547. The minimum absolute atomic E-state index is 0.241. The van der Waals surface area contributed by atoms with Gasteiger partial charge in [0.2, 0.25) is 0 Å². The Morgan fingerprint density at radius 1 is 1.00 bits per heavy atom. The molecule has 0 fully saturated rings. The molecule has 0 amide bonds. The van der Waals surface area contributed by atoms with E-state index in [0.717, 1.165) is 50.0 Å². The monoisotopic (exact) mass is 364 g/mol. The molecule has 0 saturated heterocycles. The first-order valence-electron chi connectivity index (χ1n) is 7.71. The summed E-state index contributed by atoms with van der Waals surface area (Å²) < 4.78 is 31.6. The summed E-state index contributed by atoms with van der Waals surface area (Å²) in [5.74, 6) is 0. The van der Waals surface area contributed by atoms with Crippen LogP contribution in [-0.4, -0.2) is 54.0 Å². The van der Waals surface area contributed by atoms with Crippen LogP contribution in [0.2, 0.25) is 0 Å². The Morgan fingerprint density at radius 2 is 1.46 bits per heavy atom. The van der Waals surface area contributed by atoms with Crippen molar-refractivity contribution in [3.05, 3.63) is 23.8 Å². The number of unbranched alkanes of at least 4 members (excludes halogenated alkanes) is 2. The summed E-state index contributed by atoms with van der Waals surface area (Å²) in [6.45, 7) is 4.35. The highest BCUT2D eigenvalue weighted by Crippen LogP contribution is 2.21. The highest BCUT2D eigenvalue weighted by Gasteiger charge is 2.07. The van der Waals surface area contributed by atoms with Crippen molar-refractivity contribution in [3.63, 3.8) is 0 Å². The topological polar surface area (TPSA) is 144 Å². The lowest BCUT2D eigenvalue weighted by molar-refractivity contribution is 0.282.